The van der Waals surface area contributed by atoms with Crippen LogP contribution in [0.3, 0.4) is 0 Å². The van der Waals surface area contributed by atoms with Gasteiger partial charge in [0.25, 0.3) is 5.56 Å². The van der Waals surface area contributed by atoms with Gasteiger partial charge in [0.1, 0.15) is 5.15 Å². The predicted molar refractivity (Wildman–Crippen MR) is 98.9 cm³/mol. The summed E-state index contributed by atoms with van der Waals surface area (Å²) >= 11 is 6.12. The maximum absolute atomic E-state index is 12.1. The van der Waals surface area contributed by atoms with E-state index in [1.165, 1.54) is 10.8 Å². The van der Waals surface area contributed by atoms with Crippen molar-refractivity contribution in [3.8, 4) is 0 Å². The van der Waals surface area contributed by atoms with Crippen LogP contribution in [0.2, 0.25) is 5.15 Å². The van der Waals surface area contributed by atoms with E-state index in [1.54, 1.807) is 51.2 Å². The number of H-pyrrole nitrogens is 1. The van der Waals surface area contributed by atoms with Gasteiger partial charge in [-0.05, 0) is 32.1 Å². The number of esters is 1. The van der Waals surface area contributed by atoms with Crippen LogP contribution in [0.25, 0.3) is 17.0 Å². The first-order chi connectivity index (χ1) is 12.4. The molecular weight excluding hydrogens is 356 g/mol. The third-order valence-electron chi connectivity index (χ3n) is 3.89. The molecule has 0 bridgehead atoms. The number of nitrogens with zero attached hydrogens (tertiary/aromatic N) is 3. The van der Waals surface area contributed by atoms with Gasteiger partial charge >= 0.3 is 5.97 Å². The normalized spacial score (nSPS) is 12.6. The zero-order valence-corrected chi connectivity index (χ0v) is 15.2. The van der Waals surface area contributed by atoms with Crippen molar-refractivity contribution in [3.63, 3.8) is 0 Å². The topological polar surface area (TPSA) is 89.9 Å². The number of carbonyl (C=O) groups is 1. The number of hydrogen-bond donors (Lipinski definition) is 1. The lowest BCUT2D eigenvalue weighted by Gasteiger charge is -2.11. The highest BCUT2D eigenvalue weighted by Gasteiger charge is 2.15. The summed E-state index contributed by atoms with van der Waals surface area (Å²) in [6.07, 6.45) is 2.11. The third kappa shape index (κ3) is 3.52. The molecular formula is C18H17ClN4O3. The van der Waals surface area contributed by atoms with Crippen LogP contribution in [-0.4, -0.2) is 25.7 Å². The van der Waals surface area contributed by atoms with Crippen molar-refractivity contribution in [2.24, 2.45) is 7.05 Å². The molecule has 2 heterocycles. The second-order valence-electron chi connectivity index (χ2n) is 5.79. The Bertz CT molecular complexity index is 1070. The second kappa shape index (κ2) is 7.13. The number of nitrogens with one attached hydrogen (secondary N) is 1. The number of hydrogen-bond acceptors (Lipinski definition) is 5. The Balaban J connectivity index is 1.77. The van der Waals surface area contributed by atoms with Crippen LogP contribution in [0, 0.1) is 6.92 Å². The van der Waals surface area contributed by atoms with Crippen molar-refractivity contribution in [1.82, 2.24) is 19.7 Å². The fraction of sp³-hybridized carbons (Fsp3) is 0.222. The third-order valence-corrected chi connectivity index (χ3v) is 4.34. The van der Waals surface area contributed by atoms with Crippen LogP contribution in [0.15, 0.2) is 35.1 Å². The van der Waals surface area contributed by atoms with Crippen molar-refractivity contribution in [2.75, 3.05) is 0 Å². The molecule has 26 heavy (non-hydrogen) atoms. The van der Waals surface area contributed by atoms with Crippen LogP contribution < -0.4 is 5.56 Å². The van der Waals surface area contributed by atoms with Crippen molar-refractivity contribution < 1.29 is 9.53 Å². The Kier molecular flexibility index (Phi) is 4.90. The number of ether oxygens (including phenoxy) is 1. The van der Waals surface area contributed by atoms with Crippen LogP contribution >= 0.6 is 11.6 Å². The maximum atomic E-state index is 12.1. The fourth-order valence-corrected chi connectivity index (χ4v) is 2.79. The van der Waals surface area contributed by atoms with E-state index >= 15 is 0 Å². The van der Waals surface area contributed by atoms with Gasteiger partial charge in [-0.1, -0.05) is 23.7 Å². The van der Waals surface area contributed by atoms with Gasteiger partial charge in [-0.3, -0.25) is 9.48 Å². The number of benzene rings is 1. The number of rotatable bonds is 4. The van der Waals surface area contributed by atoms with Crippen molar-refractivity contribution in [1.29, 1.82) is 0 Å². The summed E-state index contributed by atoms with van der Waals surface area (Å²) in [5.41, 5.74) is 1.62. The molecule has 0 amide bonds. The molecule has 1 atom stereocenters. The summed E-state index contributed by atoms with van der Waals surface area (Å²) in [7, 11) is 1.72. The molecule has 0 radical (unpaired) electrons. The highest BCUT2D eigenvalue weighted by molar-refractivity contribution is 6.31. The monoisotopic (exact) mass is 372 g/mol. The number of para-hydroxylation sites is 1. The van der Waals surface area contributed by atoms with Gasteiger partial charge in [0.05, 0.1) is 16.6 Å². The fourth-order valence-electron chi connectivity index (χ4n) is 2.55. The van der Waals surface area contributed by atoms with Gasteiger partial charge in [0.15, 0.2) is 11.9 Å². The molecule has 0 aliphatic rings. The molecule has 134 valence electrons. The summed E-state index contributed by atoms with van der Waals surface area (Å²) in [6.45, 7) is 3.43. The van der Waals surface area contributed by atoms with Gasteiger partial charge in [-0.2, -0.15) is 5.10 Å². The van der Waals surface area contributed by atoms with E-state index in [0.717, 1.165) is 0 Å². The summed E-state index contributed by atoms with van der Waals surface area (Å²) < 4.78 is 6.84. The highest BCUT2D eigenvalue weighted by atomic mass is 35.5. The molecule has 0 aliphatic heterocycles. The van der Waals surface area contributed by atoms with E-state index < -0.39 is 12.1 Å². The maximum Gasteiger partial charge on any atom is 0.331 e. The molecule has 3 aromatic rings. The first kappa shape index (κ1) is 17.9. The van der Waals surface area contributed by atoms with Crippen molar-refractivity contribution in [3.05, 3.63) is 62.9 Å². The SMILES string of the molecule is Cc1nn(C)c(Cl)c1/C=C/C(=O)OC(C)c1nc2ccccc2c(=O)[nH]1. The quantitative estimate of drug-likeness (QED) is 0.561. The average Bonchev–Trinajstić information content (AvgIpc) is 2.85. The van der Waals surface area contributed by atoms with E-state index in [0.29, 0.717) is 27.3 Å². The Morgan fingerprint density at radius 3 is 2.81 bits per heavy atom. The van der Waals surface area contributed by atoms with E-state index in [4.69, 9.17) is 16.3 Å². The van der Waals surface area contributed by atoms with Crippen LogP contribution in [0.1, 0.15) is 30.1 Å². The Morgan fingerprint density at radius 2 is 2.12 bits per heavy atom. The number of carbonyl (C=O) groups excluding carboxylic acids is 1. The van der Waals surface area contributed by atoms with Gasteiger partial charge in [-0.15, -0.1) is 0 Å². The molecule has 0 saturated carbocycles. The largest absolute Gasteiger partial charge is 0.451 e. The van der Waals surface area contributed by atoms with Gasteiger partial charge in [-0.25, -0.2) is 9.78 Å². The lowest BCUT2D eigenvalue weighted by atomic mass is 10.2. The molecule has 0 saturated heterocycles. The lowest BCUT2D eigenvalue weighted by molar-refractivity contribution is -0.142. The van der Waals surface area contributed by atoms with E-state index in [-0.39, 0.29) is 11.4 Å². The summed E-state index contributed by atoms with van der Waals surface area (Å²) in [5.74, 6) is -0.293. The number of aromatic nitrogens is 4. The van der Waals surface area contributed by atoms with Crippen LogP contribution in [0.4, 0.5) is 0 Å². The zero-order valence-electron chi connectivity index (χ0n) is 14.5. The summed E-state index contributed by atoms with van der Waals surface area (Å²) in [5, 5.41) is 5.08. The molecule has 0 spiro atoms. The van der Waals surface area contributed by atoms with Gasteiger partial charge < -0.3 is 9.72 Å². The van der Waals surface area contributed by atoms with Gasteiger partial charge in [0.2, 0.25) is 0 Å². The second-order valence-corrected chi connectivity index (χ2v) is 6.15. The van der Waals surface area contributed by atoms with E-state index in [1.807, 2.05) is 0 Å². The molecule has 1 unspecified atom stereocenters. The predicted octanol–water partition coefficient (Wildman–Crippen LogP) is 2.94. The number of fused-ring (bicyclic) bond motifs is 1. The molecule has 3 rings (SSSR count). The molecule has 8 heteroatoms. The molecule has 7 nitrogen and oxygen atoms in total. The Morgan fingerprint density at radius 1 is 1.38 bits per heavy atom. The molecule has 0 aliphatic carbocycles. The van der Waals surface area contributed by atoms with Crippen molar-refractivity contribution >= 4 is 34.5 Å². The van der Waals surface area contributed by atoms with Gasteiger partial charge in [0, 0.05) is 18.7 Å². The van der Waals surface area contributed by atoms with Crippen molar-refractivity contribution in [2.45, 2.75) is 20.0 Å². The average molecular weight is 373 g/mol. The molecule has 2 aromatic heterocycles. The molecule has 1 aromatic carbocycles. The lowest BCUT2D eigenvalue weighted by Crippen LogP contribution is -2.16. The first-order valence-corrected chi connectivity index (χ1v) is 8.31. The Hall–Kier alpha value is -2.93. The number of aromatic amines is 1. The number of halogens is 1. The molecule has 0 fully saturated rings. The molecule has 1 N–H and O–H groups in total. The van der Waals surface area contributed by atoms with E-state index in [2.05, 4.69) is 15.1 Å². The zero-order chi connectivity index (χ0) is 18.8. The Labute approximate surface area is 154 Å². The van der Waals surface area contributed by atoms with E-state index in [9.17, 15) is 9.59 Å². The first-order valence-electron chi connectivity index (χ1n) is 7.93. The minimum atomic E-state index is -0.713. The minimum absolute atomic E-state index is 0.276. The summed E-state index contributed by atoms with van der Waals surface area (Å²) in [6, 6.07) is 6.97. The smallest absolute Gasteiger partial charge is 0.331 e. The van der Waals surface area contributed by atoms with Crippen LogP contribution in [-0.2, 0) is 16.6 Å². The number of aryl methyl sites for hydroxylation is 2. The summed E-state index contributed by atoms with van der Waals surface area (Å²) in [4.78, 5) is 31.2. The van der Waals surface area contributed by atoms with Crippen LogP contribution in [0.5, 0.6) is 0 Å². The highest BCUT2D eigenvalue weighted by Crippen LogP contribution is 2.20. The minimum Gasteiger partial charge on any atom is -0.451 e. The standard InChI is InChI=1S/C18H17ClN4O3/c1-10-12(16(19)23(3)22-10)8-9-15(24)26-11(2)17-20-14-7-5-4-6-13(14)18(25)21-17/h4-9,11H,1-3H3,(H,20,21,25)/b9-8+.